The van der Waals surface area contributed by atoms with E-state index in [1.807, 2.05) is 13.8 Å². The Balaban J connectivity index is 1.96. The van der Waals surface area contributed by atoms with Gasteiger partial charge in [0.25, 0.3) is 0 Å². The summed E-state index contributed by atoms with van der Waals surface area (Å²) in [7, 11) is -3.81. The van der Waals surface area contributed by atoms with Crippen LogP contribution in [0, 0.1) is 6.92 Å². The maximum absolute atomic E-state index is 13.8. The molecule has 1 saturated carbocycles. The zero-order chi connectivity index (χ0) is 27.3. The smallest absolute Gasteiger partial charge is 0.244 e. The first kappa shape index (κ1) is 29.7. The zero-order valence-corrected chi connectivity index (χ0v) is 25.1. The molecule has 0 radical (unpaired) electrons. The molecule has 1 atom stereocenters. The average Bonchev–Trinajstić information content (AvgIpc) is 3.32. The van der Waals surface area contributed by atoms with Crippen molar-refractivity contribution in [3.8, 4) is 0 Å². The molecule has 202 valence electrons. The van der Waals surface area contributed by atoms with Gasteiger partial charge in [-0.3, -0.25) is 13.9 Å². The predicted molar refractivity (Wildman–Crippen MR) is 153 cm³/mol. The number of nitrogens with one attached hydrogen (secondary N) is 1. The lowest BCUT2D eigenvalue weighted by atomic mass is 10.1. The highest BCUT2D eigenvalue weighted by molar-refractivity contribution is 9.10. The van der Waals surface area contributed by atoms with Gasteiger partial charge in [-0.05, 0) is 67.6 Å². The number of benzene rings is 2. The van der Waals surface area contributed by atoms with Gasteiger partial charge in [-0.1, -0.05) is 65.0 Å². The van der Waals surface area contributed by atoms with E-state index in [0.717, 1.165) is 46.3 Å². The highest BCUT2D eigenvalue weighted by atomic mass is 79.9. The van der Waals surface area contributed by atoms with E-state index in [-0.39, 0.29) is 18.5 Å². The molecule has 0 bridgehead atoms. The van der Waals surface area contributed by atoms with Crippen LogP contribution in [0.2, 0.25) is 10.0 Å². The van der Waals surface area contributed by atoms with Crippen molar-refractivity contribution in [1.29, 1.82) is 0 Å². The van der Waals surface area contributed by atoms with E-state index in [0.29, 0.717) is 27.7 Å². The van der Waals surface area contributed by atoms with E-state index in [2.05, 4.69) is 21.2 Å². The second-order valence-electron chi connectivity index (χ2n) is 9.37. The fraction of sp³-hybridized carbons (Fsp3) is 0.462. The summed E-state index contributed by atoms with van der Waals surface area (Å²) in [6.07, 6.45) is 5.34. The minimum atomic E-state index is -3.81. The van der Waals surface area contributed by atoms with Crippen molar-refractivity contribution in [2.24, 2.45) is 0 Å². The van der Waals surface area contributed by atoms with Gasteiger partial charge in [0, 0.05) is 27.1 Å². The average molecular weight is 633 g/mol. The molecule has 1 aliphatic rings. The number of amides is 2. The molecule has 0 aliphatic heterocycles. The van der Waals surface area contributed by atoms with Crippen molar-refractivity contribution in [2.45, 2.75) is 64.6 Å². The van der Waals surface area contributed by atoms with Crippen LogP contribution in [0.3, 0.4) is 0 Å². The third-order valence-electron chi connectivity index (χ3n) is 6.55. The Bertz CT molecular complexity index is 1250. The van der Waals surface area contributed by atoms with Crippen LogP contribution in [0.5, 0.6) is 0 Å². The molecule has 0 heterocycles. The normalized spacial score (nSPS) is 14.9. The van der Waals surface area contributed by atoms with Gasteiger partial charge >= 0.3 is 0 Å². The molecule has 2 aromatic carbocycles. The molecule has 0 aromatic heterocycles. The molecule has 2 aromatic rings. The van der Waals surface area contributed by atoms with E-state index in [4.69, 9.17) is 23.2 Å². The number of hydrogen-bond donors (Lipinski definition) is 1. The first-order valence-corrected chi connectivity index (χ1v) is 15.6. The topological polar surface area (TPSA) is 86.8 Å². The summed E-state index contributed by atoms with van der Waals surface area (Å²) < 4.78 is 27.4. The number of carbonyl (C=O) groups excluding carboxylic acids is 2. The molecule has 1 N–H and O–H groups in total. The van der Waals surface area contributed by atoms with Crippen LogP contribution >= 0.6 is 39.1 Å². The molecule has 0 saturated heterocycles. The molecule has 3 rings (SSSR count). The molecule has 2 amide bonds. The summed E-state index contributed by atoms with van der Waals surface area (Å²) in [6, 6.07) is 9.30. The maximum atomic E-state index is 13.8. The summed E-state index contributed by atoms with van der Waals surface area (Å²) in [5.74, 6) is -0.760. The van der Waals surface area contributed by atoms with Crippen molar-refractivity contribution in [1.82, 2.24) is 10.2 Å². The quantitative estimate of drug-likeness (QED) is 0.364. The highest BCUT2D eigenvalue weighted by Crippen LogP contribution is 2.27. The summed E-state index contributed by atoms with van der Waals surface area (Å²) in [5.41, 5.74) is 1.80. The second-order valence-corrected chi connectivity index (χ2v) is 13.0. The van der Waals surface area contributed by atoms with Crippen LogP contribution in [-0.2, 0) is 26.2 Å². The van der Waals surface area contributed by atoms with E-state index in [1.165, 1.54) is 4.90 Å². The Morgan fingerprint density at radius 1 is 1.14 bits per heavy atom. The number of anilines is 1. The minimum Gasteiger partial charge on any atom is -0.352 e. The molecule has 0 unspecified atom stereocenters. The third kappa shape index (κ3) is 7.85. The number of aryl methyl sites for hydroxylation is 1. The van der Waals surface area contributed by atoms with Gasteiger partial charge in [-0.2, -0.15) is 0 Å². The molecule has 0 spiro atoms. The molecule has 11 heteroatoms. The summed E-state index contributed by atoms with van der Waals surface area (Å²) in [6.45, 7) is 3.24. The van der Waals surface area contributed by atoms with Crippen LogP contribution in [0.4, 0.5) is 5.69 Å². The number of halogens is 3. The van der Waals surface area contributed by atoms with Crippen molar-refractivity contribution in [3.05, 3.63) is 62.0 Å². The molecule has 7 nitrogen and oxygen atoms in total. The first-order chi connectivity index (χ1) is 17.4. The number of carbonyl (C=O) groups is 2. The standard InChI is InChI=1S/C26H32BrCl2N3O4S/c1-4-24(26(34)30-20-7-5-6-8-20)31(15-18-9-10-19(28)14-23(18)29)25(33)16-32(37(3,35)36)21-11-12-22(27)17(2)13-21/h9-14,20,24H,4-8,15-16H2,1-3H3,(H,30,34)/t24-/m1/s1. The molecular formula is C26H32BrCl2N3O4S. The van der Waals surface area contributed by atoms with Crippen LogP contribution in [0.15, 0.2) is 40.9 Å². The summed E-state index contributed by atoms with van der Waals surface area (Å²) in [4.78, 5) is 28.6. The van der Waals surface area contributed by atoms with Crippen molar-refractivity contribution >= 4 is 66.7 Å². The van der Waals surface area contributed by atoms with Gasteiger partial charge in [0.15, 0.2) is 0 Å². The third-order valence-corrected chi connectivity index (χ3v) is 9.17. The van der Waals surface area contributed by atoms with Crippen molar-refractivity contribution in [3.63, 3.8) is 0 Å². The Morgan fingerprint density at radius 2 is 1.81 bits per heavy atom. The Kier molecular flexibility index (Phi) is 10.3. The number of nitrogens with zero attached hydrogens (tertiary/aromatic N) is 2. The van der Waals surface area contributed by atoms with Crippen LogP contribution < -0.4 is 9.62 Å². The van der Waals surface area contributed by atoms with E-state index < -0.39 is 28.5 Å². The van der Waals surface area contributed by atoms with E-state index >= 15 is 0 Å². The summed E-state index contributed by atoms with van der Waals surface area (Å²) >= 11 is 15.9. The molecule has 1 fully saturated rings. The van der Waals surface area contributed by atoms with Gasteiger partial charge < -0.3 is 10.2 Å². The van der Waals surface area contributed by atoms with Gasteiger partial charge in [0.2, 0.25) is 21.8 Å². The van der Waals surface area contributed by atoms with Crippen LogP contribution in [-0.4, -0.2) is 50.0 Å². The number of rotatable bonds is 10. The fourth-order valence-electron chi connectivity index (χ4n) is 4.52. The SMILES string of the molecule is CC[C@H](C(=O)NC1CCCC1)N(Cc1ccc(Cl)cc1Cl)C(=O)CN(c1ccc(Br)c(C)c1)S(C)(=O)=O. The van der Waals surface area contributed by atoms with Gasteiger partial charge in [0.05, 0.1) is 11.9 Å². The van der Waals surface area contributed by atoms with Crippen molar-refractivity contribution < 1.29 is 18.0 Å². The van der Waals surface area contributed by atoms with E-state index in [9.17, 15) is 18.0 Å². The first-order valence-electron chi connectivity index (χ1n) is 12.2. The molecular weight excluding hydrogens is 601 g/mol. The lowest BCUT2D eigenvalue weighted by Crippen LogP contribution is -2.53. The highest BCUT2D eigenvalue weighted by Gasteiger charge is 2.33. The molecule has 1 aliphatic carbocycles. The zero-order valence-electron chi connectivity index (χ0n) is 21.1. The van der Waals surface area contributed by atoms with Crippen LogP contribution in [0.25, 0.3) is 0 Å². The lowest BCUT2D eigenvalue weighted by Gasteiger charge is -2.33. The van der Waals surface area contributed by atoms with Gasteiger partial charge in [-0.15, -0.1) is 0 Å². The van der Waals surface area contributed by atoms with Crippen molar-refractivity contribution in [2.75, 3.05) is 17.1 Å². The number of sulfonamides is 1. The van der Waals surface area contributed by atoms with E-state index in [1.54, 1.807) is 36.4 Å². The monoisotopic (exact) mass is 631 g/mol. The predicted octanol–water partition coefficient (Wildman–Crippen LogP) is 5.70. The second kappa shape index (κ2) is 12.8. The largest absolute Gasteiger partial charge is 0.352 e. The lowest BCUT2D eigenvalue weighted by molar-refractivity contribution is -0.140. The fourth-order valence-corrected chi connectivity index (χ4v) is 6.07. The minimum absolute atomic E-state index is 0.0302. The summed E-state index contributed by atoms with van der Waals surface area (Å²) in [5, 5.41) is 3.89. The Hall–Kier alpha value is -1.81. The van der Waals surface area contributed by atoms with Crippen LogP contribution in [0.1, 0.15) is 50.2 Å². The van der Waals surface area contributed by atoms with Gasteiger partial charge in [0.1, 0.15) is 12.6 Å². The van der Waals surface area contributed by atoms with Gasteiger partial charge in [-0.25, -0.2) is 8.42 Å². The Morgan fingerprint density at radius 3 is 2.38 bits per heavy atom. The molecule has 37 heavy (non-hydrogen) atoms. The maximum Gasteiger partial charge on any atom is 0.244 e. The Labute approximate surface area is 237 Å². The number of hydrogen-bond acceptors (Lipinski definition) is 4.